The molecule has 1 aromatic heterocycles. The lowest BCUT2D eigenvalue weighted by Gasteiger charge is -2.56. The van der Waals surface area contributed by atoms with E-state index >= 15 is 0 Å². The Hall–Kier alpha value is -1.46. The summed E-state index contributed by atoms with van der Waals surface area (Å²) in [5.74, 6) is -0.0136. The molecule has 0 aromatic carbocycles. The summed E-state index contributed by atoms with van der Waals surface area (Å²) in [7, 11) is 0. The van der Waals surface area contributed by atoms with Crippen LogP contribution in [0.15, 0.2) is 18.2 Å². The maximum atomic E-state index is 12.5. The van der Waals surface area contributed by atoms with E-state index in [1.54, 1.807) is 6.07 Å². The Labute approximate surface area is 131 Å². The normalized spacial score (nSPS) is 26.8. The number of aryl methyl sites for hydroxylation is 1. The van der Waals surface area contributed by atoms with E-state index in [2.05, 4.69) is 4.98 Å². The van der Waals surface area contributed by atoms with E-state index in [0.29, 0.717) is 25.4 Å². The molecule has 1 saturated heterocycles. The summed E-state index contributed by atoms with van der Waals surface area (Å²) < 4.78 is 5.76. The van der Waals surface area contributed by atoms with Gasteiger partial charge < -0.3 is 14.7 Å². The van der Waals surface area contributed by atoms with E-state index in [9.17, 15) is 9.90 Å². The van der Waals surface area contributed by atoms with Gasteiger partial charge in [-0.05, 0) is 38.8 Å². The zero-order valence-electron chi connectivity index (χ0n) is 13.3. The number of ether oxygens (including phenoxy) is 1. The third-order valence-corrected chi connectivity index (χ3v) is 5.20. The smallest absolute Gasteiger partial charge is 0.272 e. The number of likely N-dealkylation sites (tertiary alicyclic amines) is 1. The van der Waals surface area contributed by atoms with Crippen molar-refractivity contribution >= 4 is 5.91 Å². The lowest BCUT2D eigenvalue weighted by molar-refractivity contribution is -0.207. The van der Waals surface area contributed by atoms with Gasteiger partial charge in [0.1, 0.15) is 5.69 Å². The standard InChI is InChI=1S/C17H24N2O3/c1-3-22-15-11-14(20)17(15)7-9-19(10-8-17)16(21)13-6-4-5-12(2)18-13/h4-6,14-15,20H,3,7-11H2,1-2H3/t14-,15+/m1/s1. The molecule has 1 aliphatic heterocycles. The van der Waals surface area contributed by atoms with Crippen LogP contribution in [-0.4, -0.2) is 52.8 Å². The predicted molar refractivity (Wildman–Crippen MR) is 82.6 cm³/mol. The van der Waals surface area contributed by atoms with Crippen LogP contribution in [0.25, 0.3) is 0 Å². The summed E-state index contributed by atoms with van der Waals surface area (Å²) in [5.41, 5.74) is 1.21. The van der Waals surface area contributed by atoms with Gasteiger partial charge in [-0.25, -0.2) is 4.98 Å². The van der Waals surface area contributed by atoms with E-state index in [1.165, 1.54) is 0 Å². The molecule has 2 aliphatic rings. The number of carbonyl (C=O) groups is 1. The van der Waals surface area contributed by atoms with Crippen molar-refractivity contribution in [1.29, 1.82) is 0 Å². The van der Waals surface area contributed by atoms with E-state index in [4.69, 9.17) is 4.74 Å². The average molecular weight is 304 g/mol. The largest absolute Gasteiger partial charge is 0.392 e. The summed E-state index contributed by atoms with van der Waals surface area (Å²) in [6.45, 7) is 5.87. The minimum absolute atomic E-state index is 0.0136. The predicted octanol–water partition coefficient (Wildman–Crippen LogP) is 1.78. The number of piperidine rings is 1. The molecule has 2 atom stereocenters. The number of rotatable bonds is 3. The molecule has 1 spiro atoms. The van der Waals surface area contributed by atoms with Crippen molar-refractivity contribution in [2.24, 2.45) is 5.41 Å². The van der Waals surface area contributed by atoms with Crippen LogP contribution < -0.4 is 0 Å². The number of aliphatic hydroxyl groups excluding tert-OH is 1. The molecule has 5 nitrogen and oxygen atoms in total. The average Bonchev–Trinajstić information content (AvgIpc) is 2.54. The molecular weight excluding hydrogens is 280 g/mol. The summed E-state index contributed by atoms with van der Waals surface area (Å²) in [4.78, 5) is 18.7. The molecule has 3 rings (SSSR count). The van der Waals surface area contributed by atoms with Gasteiger partial charge in [-0.3, -0.25) is 4.79 Å². The number of nitrogens with zero attached hydrogens (tertiary/aromatic N) is 2. The number of hydrogen-bond acceptors (Lipinski definition) is 4. The van der Waals surface area contributed by atoms with E-state index < -0.39 is 0 Å². The quantitative estimate of drug-likeness (QED) is 0.924. The minimum atomic E-state index is -0.293. The van der Waals surface area contributed by atoms with Crippen LogP contribution >= 0.6 is 0 Å². The van der Waals surface area contributed by atoms with Crippen molar-refractivity contribution < 1.29 is 14.6 Å². The Morgan fingerprint density at radius 1 is 1.45 bits per heavy atom. The number of carbonyl (C=O) groups excluding carboxylic acids is 1. The van der Waals surface area contributed by atoms with Gasteiger partial charge in [-0.15, -0.1) is 0 Å². The van der Waals surface area contributed by atoms with Gasteiger partial charge in [0.2, 0.25) is 0 Å². The molecule has 1 saturated carbocycles. The highest BCUT2D eigenvalue weighted by atomic mass is 16.5. The molecule has 1 aliphatic carbocycles. The van der Waals surface area contributed by atoms with E-state index in [1.807, 2.05) is 30.9 Å². The first-order valence-corrected chi connectivity index (χ1v) is 8.09. The van der Waals surface area contributed by atoms with Crippen molar-refractivity contribution in [3.63, 3.8) is 0 Å². The van der Waals surface area contributed by atoms with Crippen LogP contribution in [0.1, 0.15) is 42.4 Å². The Balaban J connectivity index is 1.65. The first kappa shape index (κ1) is 15.4. The maximum Gasteiger partial charge on any atom is 0.272 e. The third-order valence-electron chi connectivity index (χ3n) is 5.20. The van der Waals surface area contributed by atoms with Crippen LogP contribution in [0.4, 0.5) is 0 Å². The number of amides is 1. The van der Waals surface area contributed by atoms with Crippen LogP contribution in [0.5, 0.6) is 0 Å². The molecule has 1 aromatic rings. The first-order chi connectivity index (χ1) is 10.6. The second kappa shape index (κ2) is 5.97. The van der Waals surface area contributed by atoms with Gasteiger partial charge >= 0.3 is 0 Å². The monoisotopic (exact) mass is 304 g/mol. The van der Waals surface area contributed by atoms with Crippen LogP contribution in [0.3, 0.4) is 0 Å². The first-order valence-electron chi connectivity index (χ1n) is 8.09. The molecule has 1 N–H and O–H groups in total. The molecule has 1 amide bonds. The zero-order chi connectivity index (χ0) is 15.7. The van der Waals surface area contributed by atoms with Crippen molar-refractivity contribution in [3.05, 3.63) is 29.6 Å². The fourth-order valence-corrected chi connectivity index (χ4v) is 3.77. The van der Waals surface area contributed by atoms with Gasteiger partial charge in [0.15, 0.2) is 0 Å². The highest BCUT2D eigenvalue weighted by molar-refractivity contribution is 5.92. The zero-order valence-corrected chi connectivity index (χ0v) is 13.3. The number of aromatic nitrogens is 1. The number of pyridine rings is 1. The van der Waals surface area contributed by atoms with Gasteiger partial charge in [-0.1, -0.05) is 6.07 Å². The van der Waals surface area contributed by atoms with Crippen LogP contribution in [-0.2, 0) is 4.74 Å². The number of aliphatic hydroxyl groups is 1. The summed E-state index contributed by atoms with van der Waals surface area (Å²) in [6, 6.07) is 5.52. The molecule has 0 radical (unpaired) electrons. The molecule has 22 heavy (non-hydrogen) atoms. The molecule has 5 heteroatoms. The molecule has 0 bridgehead atoms. The van der Waals surface area contributed by atoms with E-state index in [-0.39, 0.29) is 23.5 Å². The van der Waals surface area contributed by atoms with Crippen molar-refractivity contribution in [3.8, 4) is 0 Å². The highest BCUT2D eigenvalue weighted by Gasteiger charge is 2.56. The SMILES string of the molecule is CCO[C@H]1C[C@@H](O)C12CCN(C(=O)c1cccc(C)n1)CC2. The molecule has 0 unspecified atom stereocenters. The number of hydrogen-bond donors (Lipinski definition) is 1. The van der Waals surface area contributed by atoms with Crippen molar-refractivity contribution in [2.45, 2.75) is 45.3 Å². The summed E-state index contributed by atoms with van der Waals surface area (Å²) in [5, 5.41) is 10.2. The Morgan fingerprint density at radius 2 is 2.18 bits per heavy atom. The van der Waals surface area contributed by atoms with Gasteiger partial charge in [0.25, 0.3) is 5.91 Å². The van der Waals surface area contributed by atoms with Gasteiger partial charge in [0.05, 0.1) is 12.2 Å². The lowest BCUT2D eigenvalue weighted by Crippen LogP contribution is -2.62. The Morgan fingerprint density at radius 3 is 2.77 bits per heavy atom. The Bertz CT molecular complexity index is 551. The summed E-state index contributed by atoms with van der Waals surface area (Å²) >= 11 is 0. The van der Waals surface area contributed by atoms with Gasteiger partial charge in [0, 0.05) is 37.2 Å². The van der Waals surface area contributed by atoms with Gasteiger partial charge in [-0.2, -0.15) is 0 Å². The molecule has 2 fully saturated rings. The lowest BCUT2D eigenvalue weighted by atomic mass is 9.58. The van der Waals surface area contributed by atoms with Crippen molar-refractivity contribution in [2.75, 3.05) is 19.7 Å². The second-order valence-corrected chi connectivity index (χ2v) is 6.39. The topological polar surface area (TPSA) is 62.7 Å². The maximum absolute atomic E-state index is 12.5. The Kier molecular flexibility index (Phi) is 4.19. The third kappa shape index (κ3) is 2.52. The minimum Gasteiger partial charge on any atom is -0.392 e. The summed E-state index contributed by atoms with van der Waals surface area (Å²) in [6.07, 6.45) is 2.17. The van der Waals surface area contributed by atoms with Crippen LogP contribution in [0, 0.1) is 12.3 Å². The molecule has 2 heterocycles. The fraction of sp³-hybridized carbons (Fsp3) is 0.647. The van der Waals surface area contributed by atoms with Crippen molar-refractivity contribution in [1.82, 2.24) is 9.88 Å². The molecular formula is C17H24N2O3. The highest BCUT2D eigenvalue weighted by Crippen LogP contribution is 2.51. The van der Waals surface area contributed by atoms with E-state index in [0.717, 1.165) is 25.0 Å². The second-order valence-electron chi connectivity index (χ2n) is 6.39. The van der Waals surface area contributed by atoms with Crippen LogP contribution in [0.2, 0.25) is 0 Å². The molecule has 120 valence electrons. The fourth-order valence-electron chi connectivity index (χ4n) is 3.77.